The largest absolute Gasteiger partial charge is 0.497 e. The number of hydrogen-bond acceptors (Lipinski definition) is 2. The molecule has 2 nitrogen and oxygen atoms in total. The molecule has 0 saturated carbocycles. The molecule has 1 saturated heterocycles. The lowest BCUT2D eigenvalue weighted by molar-refractivity contribution is 0.0555. The lowest BCUT2D eigenvalue weighted by Crippen LogP contribution is -2.00. The minimum absolute atomic E-state index is 0.288. The van der Waals surface area contributed by atoms with Gasteiger partial charge in [0.15, 0.2) is 0 Å². The van der Waals surface area contributed by atoms with Crippen LogP contribution in [0, 0.1) is 0 Å². The third-order valence-corrected chi connectivity index (χ3v) is 2.72. The minimum Gasteiger partial charge on any atom is -0.497 e. The van der Waals surface area contributed by atoms with E-state index in [1.165, 1.54) is 5.56 Å². The van der Waals surface area contributed by atoms with Crippen molar-refractivity contribution < 1.29 is 9.47 Å². The van der Waals surface area contributed by atoms with Gasteiger partial charge in [-0.3, -0.25) is 0 Å². The number of ether oxygens (including phenoxy) is 2. The van der Waals surface area contributed by atoms with Gasteiger partial charge < -0.3 is 9.47 Å². The summed E-state index contributed by atoms with van der Waals surface area (Å²) in [5.74, 6) is 0.903. The Morgan fingerprint density at radius 2 is 1.93 bits per heavy atom. The summed E-state index contributed by atoms with van der Waals surface area (Å²) in [4.78, 5) is 0. The van der Waals surface area contributed by atoms with Gasteiger partial charge in [-0.1, -0.05) is 12.1 Å². The molecule has 0 spiro atoms. The lowest BCUT2D eigenvalue weighted by Gasteiger charge is -2.11. The van der Waals surface area contributed by atoms with E-state index in [0.717, 1.165) is 18.6 Å². The van der Waals surface area contributed by atoms with Crippen LogP contribution in [0.3, 0.4) is 0 Å². The number of hydrogen-bond donors (Lipinski definition) is 0. The van der Waals surface area contributed by atoms with Crippen LogP contribution in [0.2, 0.25) is 0 Å². The molecule has 0 aliphatic carbocycles. The first kappa shape index (κ1) is 9.53. The second-order valence-corrected chi connectivity index (χ2v) is 3.79. The van der Waals surface area contributed by atoms with E-state index in [2.05, 4.69) is 19.1 Å². The van der Waals surface area contributed by atoms with Gasteiger partial charge in [-0.05, 0) is 37.5 Å². The van der Waals surface area contributed by atoms with E-state index in [4.69, 9.17) is 9.47 Å². The Labute approximate surface area is 84.8 Å². The van der Waals surface area contributed by atoms with Gasteiger partial charge in [0.1, 0.15) is 5.75 Å². The third-order valence-electron chi connectivity index (χ3n) is 2.72. The standard InChI is InChI=1S/C12H16O2/c1-9-3-8-12(14-9)10-4-6-11(13-2)7-5-10/h4-7,9,12H,3,8H2,1-2H3/t9-,12+/m0/s1. The molecule has 76 valence electrons. The Balaban J connectivity index is 2.09. The molecule has 0 radical (unpaired) electrons. The van der Waals surface area contributed by atoms with E-state index in [-0.39, 0.29) is 6.10 Å². The van der Waals surface area contributed by atoms with Crippen molar-refractivity contribution in [2.24, 2.45) is 0 Å². The van der Waals surface area contributed by atoms with Crippen molar-refractivity contribution in [3.63, 3.8) is 0 Å². The maximum absolute atomic E-state index is 5.78. The van der Waals surface area contributed by atoms with Crippen LogP contribution in [0.25, 0.3) is 0 Å². The first-order valence-electron chi connectivity index (χ1n) is 5.09. The average Bonchev–Trinajstić information content (AvgIpc) is 2.65. The van der Waals surface area contributed by atoms with Crippen molar-refractivity contribution in [3.8, 4) is 5.75 Å². The fourth-order valence-corrected chi connectivity index (χ4v) is 1.87. The van der Waals surface area contributed by atoms with Crippen LogP contribution in [0.4, 0.5) is 0 Å². The van der Waals surface area contributed by atoms with E-state index in [1.54, 1.807) is 7.11 Å². The highest BCUT2D eigenvalue weighted by Crippen LogP contribution is 2.32. The highest BCUT2D eigenvalue weighted by Gasteiger charge is 2.22. The van der Waals surface area contributed by atoms with Crippen LogP contribution < -0.4 is 4.74 Å². The summed E-state index contributed by atoms with van der Waals surface area (Å²) in [6.45, 7) is 2.13. The SMILES string of the molecule is COc1ccc([C@H]2CC[C@H](C)O2)cc1. The monoisotopic (exact) mass is 192 g/mol. The van der Waals surface area contributed by atoms with Gasteiger partial charge in [-0.2, -0.15) is 0 Å². The van der Waals surface area contributed by atoms with Gasteiger partial charge >= 0.3 is 0 Å². The number of methoxy groups -OCH3 is 1. The molecule has 2 rings (SSSR count). The zero-order valence-electron chi connectivity index (χ0n) is 8.69. The fraction of sp³-hybridized carbons (Fsp3) is 0.500. The van der Waals surface area contributed by atoms with Crippen LogP contribution in [0.5, 0.6) is 5.75 Å². The molecule has 1 aliphatic heterocycles. The van der Waals surface area contributed by atoms with Crippen LogP contribution in [0.15, 0.2) is 24.3 Å². The first-order chi connectivity index (χ1) is 6.79. The van der Waals surface area contributed by atoms with E-state index in [0.29, 0.717) is 6.10 Å². The zero-order valence-corrected chi connectivity index (χ0v) is 8.69. The molecule has 0 N–H and O–H groups in total. The topological polar surface area (TPSA) is 18.5 Å². The number of benzene rings is 1. The van der Waals surface area contributed by atoms with Gasteiger partial charge in [0.25, 0.3) is 0 Å². The number of rotatable bonds is 2. The second-order valence-electron chi connectivity index (χ2n) is 3.79. The molecule has 0 unspecified atom stereocenters. The molecule has 0 bridgehead atoms. The summed E-state index contributed by atoms with van der Waals surface area (Å²) < 4.78 is 10.9. The third kappa shape index (κ3) is 1.90. The molecule has 1 fully saturated rings. The van der Waals surface area contributed by atoms with Crippen molar-refractivity contribution in [2.45, 2.75) is 32.0 Å². The van der Waals surface area contributed by atoms with Crippen LogP contribution >= 0.6 is 0 Å². The maximum atomic E-state index is 5.78. The molecule has 1 heterocycles. The lowest BCUT2D eigenvalue weighted by atomic mass is 10.1. The molecule has 0 amide bonds. The van der Waals surface area contributed by atoms with Crippen LogP contribution in [0.1, 0.15) is 31.4 Å². The van der Waals surface area contributed by atoms with Crippen LogP contribution in [-0.4, -0.2) is 13.2 Å². The predicted octanol–water partition coefficient (Wildman–Crippen LogP) is 2.94. The van der Waals surface area contributed by atoms with Gasteiger partial charge in [0, 0.05) is 0 Å². The highest BCUT2D eigenvalue weighted by atomic mass is 16.5. The highest BCUT2D eigenvalue weighted by molar-refractivity contribution is 5.28. The Morgan fingerprint density at radius 3 is 2.43 bits per heavy atom. The Bertz CT molecular complexity index is 292. The van der Waals surface area contributed by atoms with Crippen LogP contribution in [-0.2, 0) is 4.74 Å². The average molecular weight is 192 g/mol. The van der Waals surface area contributed by atoms with Crippen molar-refractivity contribution in [1.29, 1.82) is 0 Å². The molecule has 14 heavy (non-hydrogen) atoms. The molecule has 1 aliphatic rings. The minimum atomic E-state index is 0.288. The van der Waals surface area contributed by atoms with Gasteiger partial charge in [-0.15, -0.1) is 0 Å². The van der Waals surface area contributed by atoms with Crippen molar-refractivity contribution in [3.05, 3.63) is 29.8 Å². The second kappa shape index (κ2) is 4.01. The fourth-order valence-electron chi connectivity index (χ4n) is 1.87. The Kier molecular flexibility index (Phi) is 2.73. The molecule has 0 aromatic heterocycles. The normalized spacial score (nSPS) is 26.4. The summed E-state index contributed by atoms with van der Waals surface area (Å²) in [6, 6.07) is 8.15. The summed E-state index contributed by atoms with van der Waals surface area (Å²) in [5.41, 5.74) is 1.26. The first-order valence-corrected chi connectivity index (χ1v) is 5.09. The predicted molar refractivity (Wildman–Crippen MR) is 55.5 cm³/mol. The maximum Gasteiger partial charge on any atom is 0.118 e. The Hall–Kier alpha value is -1.02. The molecule has 2 heteroatoms. The quantitative estimate of drug-likeness (QED) is 0.717. The smallest absolute Gasteiger partial charge is 0.118 e. The van der Waals surface area contributed by atoms with E-state index in [1.807, 2.05) is 12.1 Å². The van der Waals surface area contributed by atoms with Gasteiger partial charge in [0.05, 0.1) is 19.3 Å². The van der Waals surface area contributed by atoms with E-state index >= 15 is 0 Å². The molecule has 1 aromatic carbocycles. The van der Waals surface area contributed by atoms with E-state index < -0.39 is 0 Å². The molecule has 1 aromatic rings. The Morgan fingerprint density at radius 1 is 1.21 bits per heavy atom. The zero-order chi connectivity index (χ0) is 9.97. The summed E-state index contributed by atoms with van der Waals surface area (Å²) in [6.07, 6.45) is 2.99. The molecular formula is C12H16O2. The van der Waals surface area contributed by atoms with E-state index in [9.17, 15) is 0 Å². The van der Waals surface area contributed by atoms with Gasteiger partial charge in [0.2, 0.25) is 0 Å². The van der Waals surface area contributed by atoms with Gasteiger partial charge in [-0.25, -0.2) is 0 Å². The summed E-state index contributed by atoms with van der Waals surface area (Å²) >= 11 is 0. The van der Waals surface area contributed by atoms with Crippen molar-refractivity contribution in [1.82, 2.24) is 0 Å². The summed E-state index contributed by atoms with van der Waals surface area (Å²) in [5, 5.41) is 0. The summed E-state index contributed by atoms with van der Waals surface area (Å²) in [7, 11) is 1.68. The molecular weight excluding hydrogens is 176 g/mol. The van der Waals surface area contributed by atoms with Crippen molar-refractivity contribution in [2.75, 3.05) is 7.11 Å². The molecule has 2 atom stereocenters. The van der Waals surface area contributed by atoms with Crippen molar-refractivity contribution >= 4 is 0 Å².